The number of sulfone groups is 2. The van der Waals surface area contributed by atoms with Crippen LogP contribution in [-0.2, 0) is 53.8 Å². The molecule has 0 aliphatic rings. The van der Waals surface area contributed by atoms with Crippen molar-refractivity contribution in [2.24, 2.45) is 4.36 Å². The van der Waals surface area contributed by atoms with Crippen molar-refractivity contribution in [3.63, 3.8) is 0 Å². The van der Waals surface area contributed by atoms with Gasteiger partial charge in [0.05, 0.1) is 14.7 Å². The smallest absolute Gasteiger partial charge is 0.796 e. The van der Waals surface area contributed by atoms with Gasteiger partial charge in [0.2, 0.25) is 0 Å². The van der Waals surface area contributed by atoms with Gasteiger partial charge >= 0.3 is 29.6 Å². The van der Waals surface area contributed by atoms with Crippen LogP contribution in [0.1, 0.15) is 27.7 Å². The number of benzene rings is 3. The summed E-state index contributed by atoms with van der Waals surface area (Å²) in [5.74, 6) is 0. The number of nitrogens with zero attached hydrogens (tertiary/aromatic N) is 1. The minimum absolute atomic E-state index is 0. The van der Waals surface area contributed by atoms with Crippen LogP contribution in [0.4, 0.5) is 0 Å². The molecule has 0 spiro atoms. The molecule has 0 aromatic heterocycles. The molecule has 0 N–H and O–H groups in total. The van der Waals surface area contributed by atoms with Crippen LogP contribution < -0.4 is 29.6 Å². The quantitative estimate of drug-likeness (QED) is 0.235. The molecule has 3 aromatic rings. The summed E-state index contributed by atoms with van der Waals surface area (Å²) >= 11 is 8.10. The Hall–Kier alpha value is -0.830. The predicted molar refractivity (Wildman–Crippen MR) is 170 cm³/mol. The normalized spacial score (nSPS) is 9.25. The van der Waals surface area contributed by atoms with E-state index in [-0.39, 0.29) is 34.5 Å². The monoisotopic (exact) mass is 679 g/mol. The van der Waals surface area contributed by atoms with Gasteiger partial charge in [-0.1, -0.05) is 82.3 Å². The molecule has 0 saturated heterocycles. The zero-order valence-corrected chi connectivity index (χ0v) is 31.3. The SMILES string of the molecule is CC.CC.CN=S.CS(=O)(=O)c1ccccc1.CS(=O)(=O)c1ccccc1.C[S-].O=S(=O)(Cl)c1ccccc1.[Na+]. The minimum Gasteiger partial charge on any atom is -0.796 e. The van der Waals surface area contributed by atoms with Gasteiger partial charge in [-0.2, -0.15) is 6.26 Å². The predicted octanol–water partition coefficient (Wildman–Crippen LogP) is 3.36. The van der Waals surface area contributed by atoms with Gasteiger partial charge in [-0.3, -0.25) is 0 Å². The average molecular weight is 680 g/mol. The maximum atomic E-state index is 10.8. The van der Waals surface area contributed by atoms with Gasteiger partial charge in [-0.15, -0.1) is 0 Å². The molecule has 0 amide bonds. The van der Waals surface area contributed by atoms with Crippen molar-refractivity contribution in [1.82, 2.24) is 0 Å². The zero-order chi connectivity index (χ0) is 31.5. The van der Waals surface area contributed by atoms with Crippen LogP contribution in [0.2, 0.25) is 0 Å². The van der Waals surface area contributed by atoms with E-state index in [4.69, 9.17) is 10.7 Å². The molecule has 0 aliphatic carbocycles. The van der Waals surface area contributed by atoms with Crippen molar-refractivity contribution in [3.05, 3.63) is 91.0 Å². The summed E-state index contributed by atoms with van der Waals surface area (Å²) in [6, 6.07) is 24.6. The summed E-state index contributed by atoms with van der Waals surface area (Å²) in [5.41, 5.74) is 0. The Balaban J connectivity index is -0.000000132. The van der Waals surface area contributed by atoms with Crippen molar-refractivity contribution in [3.8, 4) is 0 Å². The van der Waals surface area contributed by atoms with Crippen LogP contribution in [0.5, 0.6) is 0 Å². The summed E-state index contributed by atoms with van der Waals surface area (Å²) in [5, 5.41) is 0. The van der Waals surface area contributed by atoms with E-state index in [2.05, 4.69) is 29.4 Å². The summed E-state index contributed by atoms with van der Waals surface area (Å²) in [6.07, 6.45) is 3.98. The van der Waals surface area contributed by atoms with Crippen LogP contribution >= 0.6 is 10.7 Å². The fourth-order valence-corrected chi connectivity index (χ4v) is 4.01. The third kappa shape index (κ3) is 28.7. The zero-order valence-electron chi connectivity index (χ0n) is 24.5. The number of rotatable bonds is 3. The largest absolute Gasteiger partial charge is 1.00 e. The topological polar surface area (TPSA) is 115 Å². The first-order valence-electron chi connectivity index (χ1n) is 11.4. The van der Waals surface area contributed by atoms with E-state index in [0.717, 1.165) is 0 Å². The first kappa shape index (κ1) is 48.9. The van der Waals surface area contributed by atoms with E-state index in [1.54, 1.807) is 92.2 Å². The number of hydrogen-bond acceptors (Lipinski definition) is 9. The Kier molecular flexibility index (Phi) is 36.2. The standard InChI is InChI=1S/2C7H8O2S.C6H5ClO2S.2C2H6.CH3NS.CH4S.Na/c2*1-10(8,9)7-5-3-2-4-6-7;7-10(8,9)6-4-2-1-3-5-6;2*1-2;1-2-3;1-2;/h2*2-6H,1H3;1-5H;2*1-2H3;1H3;2H,1H3;/q;;;;;;;+1/p-1. The van der Waals surface area contributed by atoms with E-state index in [1.165, 1.54) is 24.6 Å². The Morgan fingerprint density at radius 3 is 0.850 bits per heavy atom. The molecule has 0 fully saturated rings. The van der Waals surface area contributed by atoms with Gasteiger partial charge in [-0.05, 0) is 36.4 Å². The number of hydrogen-bond donors (Lipinski definition) is 0. The van der Waals surface area contributed by atoms with Crippen molar-refractivity contribution in [2.75, 3.05) is 25.8 Å². The Labute approximate surface area is 280 Å². The summed E-state index contributed by atoms with van der Waals surface area (Å²) in [6.45, 7) is 8.00. The van der Waals surface area contributed by atoms with Crippen LogP contribution in [0.15, 0.2) is 110 Å². The molecule has 0 aliphatic heterocycles. The molecule has 0 atom stereocenters. The molecule has 40 heavy (non-hydrogen) atoms. The third-order valence-corrected chi connectivity index (χ3v) is 6.99. The minimum atomic E-state index is -3.53. The third-order valence-electron chi connectivity index (χ3n) is 3.37. The van der Waals surface area contributed by atoms with Crippen molar-refractivity contribution >= 4 is 64.5 Å². The number of halogens is 1. The second kappa shape index (κ2) is 29.7. The second-order valence-electron chi connectivity index (χ2n) is 6.10. The molecule has 3 rings (SSSR count). The fraction of sp³-hybridized carbons (Fsp3) is 0.308. The van der Waals surface area contributed by atoms with E-state index >= 15 is 0 Å². The van der Waals surface area contributed by atoms with Crippen LogP contribution in [0.3, 0.4) is 0 Å². The molecule has 3 aromatic carbocycles. The van der Waals surface area contributed by atoms with E-state index in [9.17, 15) is 25.3 Å². The first-order chi connectivity index (χ1) is 18.2. The Morgan fingerprint density at radius 2 is 0.750 bits per heavy atom. The molecular formula is C26H39ClNNaO6S5. The second-order valence-corrected chi connectivity index (χ2v) is 13.1. The molecule has 0 bridgehead atoms. The Morgan fingerprint density at radius 1 is 0.575 bits per heavy atom. The van der Waals surface area contributed by atoms with Crippen LogP contribution in [0, 0.1) is 0 Å². The maximum Gasteiger partial charge on any atom is 1.00 e. The maximum absolute atomic E-state index is 10.8. The first-order valence-corrected chi connectivity index (χ1v) is 18.6. The van der Waals surface area contributed by atoms with Crippen LogP contribution in [0.25, 0.3) is 0 Å². The van der Waals surface area contributed by atoms with Gasteiger partial charge in [0.15, 0.2) is 19.7 Å². The van der Waals surface area contributed by atoms with E-state index < -0.39 is 28.7 Å². The molecule has 0 radical (unpaired) electrons. The molecule has 7 nitrogen and oxygen atoms in total. The molecule has 14 heteroatoms. The van der Waals surface area contributed by atoms with Crippen molar-refractivity contribution < 1.29 is 54.8 Å². The molecule has 0 saturated carbocycles. The molecule has 0 heterocycles. The van der Waals surface area contributed by atoms with Gasteiger partial charge in [-0.25, -0.2) is 29.6 Å². The molecule has 0 unspecified atom stereocenters. The fourth-order valence-electron chi connectivity index (χ4n) is 1.92. The van der Waals surface area contributed by atoms with Crippen molar-refractivity contribution in [1.29, 1.82) is 0 Å². The van der Waals surface area contributed by atoms with Crippen molar-refractivity contribution in [2.45, 2.75) is 42.4 Å². The molecule has 222 valence electrons. The summed E-state index contributed by atoms with van der Waals surface area (Å²) in [7, 11) is -2.94. The van der Waals surface area contributed by atoms with Gasteiger partial charge in [0.25, 0.3) is 9.05 Å². The van der Waals surface area contributed by atoms with E-state index in [1.807, 2.05) is 27.7 Å². The summed E-state index contributed by atoms with van der Waals surface area (Å²) < 4.78 is 67.6. The van der Waals surface area contributed by atoms with Crippen LogP contribution in [-0.4, -0.2) is 51.1 Å². The van der Waals surface area contributed by atoms with Gasteiger partial charge in [0, 0.05) is 42.7 Å². The average Bonchev–Trinajstić information content (AvgIpc) is 2.93. The van der Waals surface area contributed by atoms with Gasteiger partial charge < -0.3 is 12.6 Å². The molecular weight excluding hydrogens is 641 g/mol. The Bertz CT molecular complexity index is 1130. The summed E-state index contributed by atoms with van der Waals surface area (Å²) in [4.78, 5) is 0.877. The van der Waals surface area contributed by atoms with Gasteiger partial charge in [0.1, 0.15) is 0 Å². The van der Waals surface area contributed by atoms with E-state index in [0.29, 0.717) is 9.79 Å².